The van der Waals surface area contributed by atoms with Gasteiger partial charge >= 0.3 is 39.9 Å². The zero-order valence-corrected chi connectivity index (χ0v) is 51.5. The zero-order valence-electron chi connectivity index (χ0n) is 47.3. The number of hydrogen-bond acceptors (Lipinski definition) is 4. The Kier molecular flexibility index (Phi) is 21.8. The number of allylic oxidation sites excluding steroid dienone is 4. The fraction of sp³-hybridized carbons (Fsp3) is 0.516. The molecule has 0 heterocycles. The normalized spacial score (nSPS) is 13.5. The molecule has 0 atom stereocenters. The van der Waals surface area contributed by atoms with Gasteiger partial charge in [-0.05, 0) is 92.6 Å². The fourth-order valence-corrected chi connectivity index (χ4v) is 8.12. The zero-order chi connectivity index (χ0) is 52.0. The summed E-state index contributed by atoms with van der Waals surface area (Å²) in [6.45, 7) is 51.0. The predicted molar refractivity (Wildman–Crippen MR) is 295 cm³/mol. The van der Waals surface area contributed by atoms with Crippen molar-refractivity contribution in [3.05, 3.63) is 139 Å². The van der Waals surface area contributed by atoms with Crippen LogP contribution in [0.2, 0.25) is 0 Å². The first kappa shape index (κ1) is 61.3. The van der Waals surface area contributed by atoms with Crippen LogP contribution in [0.3, 0.4) is 0 Å². The molecule has 69 heavy (non-hydrogen) atoms. The van der Waals surface area contributed by atoms with Crippen LogP contribution in [0, 0.1) is 39.9 Å². The van der Waals surface area contributed by atoms with Crippen LogP contribution < -0.4 is 10.2 Å². The minimum atomic E-state index is -0.245. The van der Waals surface area contributed by atoms with Gasteiger partial charge in [-0.15, -0.1) is 22.9 Å². The van der Waals surface area contributed by atoms with Crippen molar-refractivity contribution in [1.29, 1.82) is 0 Å². The van der Waals surface area contributed by atoms with E-state index < -0.39 is 0 Å². The average molecular weight is 1150 g/mol. The number of aliphatic imine (C=N–C) groups is 2. The van der Waals surface area contributed by atoms with Gasteiger partial charge in [0.1, 0.15) is 0 Å². The molecule has 0 saturated heterocycles. The Balaban J connectivity index is 0.000000467. The van der Waals surface area contributed by atoms with Crippen LogP contribution in [-0.4, -0.2) is 11.4 Å². The van der Waals surface area contributed by atoms with Crippen LogP contribution in [0.5, 0.6) is 11.5 Å². The van der Waals surface area contributed by atoms with E-state index in [-0.39, 0.29) is 73.1 Å². The first-order valence-corrected chi connectivity index (χ1v) is 24.9. The minimum Gasteiger partial charge on any atom is -0.873 e. The Morgan fingerprint density at radius 3 is 0.928 bits per heavy atom. The summed E-state index contributed by atoms with van der Waals surface area (Å²) >= 11 is 0. The second-order valence-electron chi connectivity index (χ2n) is 24.2. The Labute approximate surface area is 453 Å². The summed E-state index contributed by atoms with van der Waals surface area (Å²) in [5.74, 6) is 1.57. The summed E-state index contributed by atoms with van der Waals surface area (Å²) in [5, 5.41) is 36.1. The smallest absolute Gasteiger partial charge is 0.873 e. The summed E-state index contributed by atoms with van der Waals surface area (Å²) < 4.78 is 0. The molecule has 0 aliphatic rings. The summed E-state index contributed by atoms with van der Waals surface area (Å²) in [7, 11) is 0. The molecule has 0 radical (unpaired) electrons. The van der Waals surface area contributed by atoms with Crippen LogP contribution >= 0.6 is 0 Å². The maximum atomic E-state index is 13.3. The summed E-state index contributed by atoms with van der Waals surface area (Å²) in [6, 6.07) is 20.9. The molecular formula is C62H88N4O2Th. The van der Waals surface area contributed by atoms with Crippen LogP contribution in [0.25, 0.3) is 10.6 Å². The molecule has 4 aromatic carbocycles. The van der Waals surface area contributed by atoms with Crippen molar-refractivity contribution in [3.8, 4) is 11.5 Å². The van der Waals surface area contributed by atoms with Crippen molar-refractivity contribution in [3.63, 3.8) is 0 Å². The van der Waals surface area contributed by atoms with Gasteiger partial charge in [0.25, 0.3) is 0 Å². The molecule has 0 N–H and O–H groups in total. The van der Waals surface area contributed by atoms with Gasteiger partial charge in [-0.3, -0.25) is 9.98 Å². The van der Waals surface area contributed by atoms with E-state index >= 15 is 0 Å². The summed E-state index contributed by atoms with van der Waals surface area (Å²) in [4.78, 5) is 10.0. The molecule has 4 aromatic rings. The number of benzene rings is 4. The maximum Gasteiger partial charge on any atom is 4.00 e. The fourth-order valence-electron chi connectivity index (χ4n) is 8.12. The molecule has 0 spiro atoms. The second-order valence-corrected chi connectivity index (χ2v) is 24.2. The Morgan fingerprint density at radius 1 is 0.449 bits per heavy atom. The first-order chi connectivity index (χ1) is 31.0. The van der Waals surface area contributed by atoms with Gasteiger partial charge in [0, 0.05) is 11.4 Å². The van der Waals surface area contributed by atoms with Crippen LogP contribution in [0.1, 0.15) is 234 Å². The van der Waals surface area contributed by atoms with E-state index in [0.29, 0.717) is 35.0 Å². The molecule has 0 saturated carbocycles. The number of hydrogen-bond donors (Lipinski definition) is 0. The molecule has 0 aromatic heterocycles. The number of nitrogens with zero attached hydrogens (tertiary/aromatic N) is 4. The van der Waals surface area contributed by atoms with Crippen LogP contribution in [0.15, 0.2) is 94.2 Å². The predicted octanol–water partition coefficient (Wildman–Crippen LogP) is 18.6. The molecule has 0 aliphatic carbocycles. The molecule has 0 unspecified atom stereocenters. The Hall–Kier alpha value is -3.78. The van der Waals surface area contributed by atoms with Crippen molar-refractivity contribution in [2.75, 3.05) is 0 Å². The van der Waals surface area contributed by atoms with Gasteiger partial charge in [0.05, 0.1) is 11.4 Å². The SMILES string of the molecule is CC(/C=C(/C)[N-]c1cc(C(C)(C)C)cc(C(C)(C)C)c1[O-])=Nc1c(C(C)C)cccc1C(C)C.CC(/C=C(/C)[N-]c1cc(C(C)(C)C)cc(C(C)(C)C)c1[O-])=Nc1c(C(C)C)cccc1C(C)C.[Th+4]. The van der Waals surface area contributed by atoms with Crippen LogP contribution in [0.4, 0.5) is 22.7 Å². The molecule has 4 rings (SSSR count). The largest absolute Gasteiger partial charge is 4.00 e. The Morgan fingerprint density at radius 2 is 0.710 bits per heavy atom. The van der Waals surface area contributed by atoms with E-state index in [1.165, 1.54) is 22.3 Å². The monoisotopic (exact) mass is 1150 g/mol. The molecule has 0 aliphatic heterocycles. The van der Waals surface area contributed by atoms with Gasteiger partial charge in [0.2, 0.25) is 0 Å². The molecule has 0 fully saturated rings. The van der Waals surface area contributed by atoms with Gasteiger partial charge in [-0.25, -0.2) is 0 Å². The quantitative estimate of drug-likeness (QED) is 0.132. The van der Waals surface area contributed by atoms with Crippen molar-refractivity contribution in [2.45, 2.75) is 212 Å². The average Bonchev–Trinajstić information content (AvgIpc) is 3.17. The summed E-state index contributed by atoms with van der Waals surface area (Å²) in [6.07, 6.45) is 3.95. The van der Waals surface area contributed by atoms with E-state index in [9.17, 15) is 10.2 Å². The van der Waals surface area contributed by atoms with Crippen LogP contribution in [-0.2, 0) is 21.7 Å². The molecule has 372 valence electrons. The van der Waals surface area contributed by atoms with Crippen molar-refractivity contribution >= 4 is 34.2 Å². The third-order valence-electron chi connectivity index (χ3n) is 12.2. The van der Waals surface area contributed by atoms with E-state index in [4.69, 9.17) is 20.6 Å². The second kappa shape index (κ2) is 24.6. The minimum absolute atomic E-state index is 0. The third-order valence-corrected chi connectivity index (χ3v) is 12.2. The molecule has 6 nitrogen and oxygen atoms in total. The molecule has 0 bridgehead atoms. The summed E-state index contributed by atoms with van der Waals surface area (Å²) in [5.41, 5.74) is 14.7. The van der Waals surface area contributed by atoms with Gasteiger partial charge < -0.3 is 20.8 Å². The van der Waals surface area contributed by atoms with E-state index in [0.717, 1.165) is 56.4 Å². The topological polar surface area (TPSA) is 99.0 Å². The molecular weight excluding hydrogens is 1060 g/mol. The van der Waals surface area contributed by atoms with E-state index in [2.05, 4.69) is 187 Å². The maximum absolute atomic E-state index is 13.3. The van der Waals surface area contributed by atoms with E-state index in [1.807, 2.05) is 52.0 Å². The van der Waals surface area contributed by atoms with Crippen molar-refractivity contribution in [1.82, 2.24) is 0 Å². The third kappa shape index (κ3) is 17.2. The van der Waals surface area contributed by atoms with Crippen molar-refractivity contribution < 1.29 is 50.2 Å². The number of rotatable bonds is 12. The Bertz CT molecular complexity index is 2280. The molecule has 7 heteroatoms. The van der Waals surface area contributed by atoms with Crippen molar-refractivity contribution in [2.24, 2.45) is 9.98 Å². The van der Waals surface area contributed by atoms with E-state index in [1.54, 1.807) is 0 Å². The first-order valence-electron chi connectivity index (χ1n) is 24.9. The number of para-hydroxylation sites is 2. The van der Waals surface area contributed by atoms with Gasteiger partial charge in [0.15, 0.2) is 0 Å². The standard InChI is InChI=1S/2C31H45N2O.Th/c2*1-19(2)24-14-13-15-25(20(3)4)28(24)33-22(6)16-21(5)32-27-18-23(30(7,8)9)17-26(29(27)34)31(10,11)12;/h2*13-20H,1-12H3,(H-,32,33,34);/q2*-1;+4/p-2. The van der Waals surface area contributed by atoms with Gasteiger partial charge in [-0.1, -0.05) is 236 Å². The molecule has 0 amide bonds. The van der Waals surface area contributed by atoms with Gasteiger partial charge in [-0.2, -0.15) is 11.4 Å².